The molecule has 0 aromatic heterocycles. The van der Waals surface area contributed by atoms with Crippen LogP contribution in [0.2, 0.25) is 0 Å². The van der Waals surface area contributed by atoms with Gasteiger partial charge in [-0.2, -0.15) is 0 Å². The van der Waals surface area contributed by atoms with Crippen LogP contribution in [0.4, 0.5) is 0 Å². The van der Waals surface area contributed by atoms with E-state index < -0.39 is 4.75 Å². The predicted octanol–water partition coefficient (Wildman–Crippen LogP) is 0.928. The highest BCUT2D eigenvalue weighted by atomic mass is 32.2. The van der Waals surface area contributed by atoms with Gasteiger partial charge in [0, 0.05) is 6.54 Å². The molecule has 6 heteroatoms. The van der Waals surface area contributed by atoms with Gasteiger partial charge in [-0.05, 0) is 33.0 Å². The number of hydrogen-bond acceptors (Lipinski definition) is 5. The molecule has 0 unspecified atom stereocenters. The van der Waals surface area contributed by atoms with Crippen molar-refractivity contribution in [3.05, 3.63) is 0 Å². The lowest BCUT2D eigenvalue weighted by Gasteiger charge is -2.22. The summed E-state index contributed by atoms with van der Waals surface area (Å²) in [5, 5.41) is 11.2. The zero-order valence-electron chi connectivity index (χ0n) is 9.20. The maximum atomic E-state index is 11.6. The number of nitrogens with one attached hydrogen (secondary N) is 1. The monoisotopic (exact) mass is 251 g/mol. The maximum absolute atomic E-state index is 11.6. The largest absolute Gasteiger partial charge is 0.479 e. The van der Waals surface area contributed by atoms with Crippen LogP contribution >= 0.6 is 24.0 Å². The van der Waals surface area contributed by atoms with Crippen LogP contribution in [0.25, 0.3) is 0 Å². The quantitative estimate of drug-likeness (QED) is 0.712. The Balaban J connectivity index is 4.15. The summed E-state index contributed by atoms with van der Waals surface area (Å²) in [7, 11) is 0. The number of hydrogen-bond donors (Lipinski definition) is 2. The van der Waals surface area contributed by atoms with Gasteiger partial charge in [0.25, 0.3) is 0 Å². The highest BCUT2D eigenvalue weighted by Gasteiger charge is 2.30. The molecule has 1 amide bonds. The van der Waals surface area contributed by atoms with E-state index in [9.17, 15) is 4.79 Å². The predicted molar refractivity (Wildman–Crippen MR) is 66.0 cm³/mol. The van der Waals surface area contributed by atoms with E-state index in [0.717, 1.165) is 0 Å². The number of amides is 1. The van der Waals surface area contributed by atoms with Crippen molar-refractivity contribution in [2.45, 2.75) is 25.5 Å². The van der Waals surface area contributed by atoms with Crippen LogP contribution in [0.15, 0.2) is 0 Å². The second kappa shape index (κ2) is 7.03. The molecule has 0 aromatic rings. The average Bonchev–Trinajstić information content (AvgIpc) is 2.13. The van der Waals surface area contributed by atoms with E-state index in [4.69, 9.17) is 22.1 Å². The van der Waals surface area contributed by atoms with Crippen molar-refractivity contribution >= 4 is 34.3 Å². The van der Waals surface area contributed by atoms with Gasteiger partial charge in [0.1, 0.15) is 0 Å². The van der Waals surface area contributed by atoms with Gasteiger partial charge in [-0.3, -0.25) is 4.79 Å². The molecule has 0 radical (unpaired) electrons. The first-order valence-electron chi connectivity index (χ1n) is 4.69. The lowest BCUT2D eigenvalue weighted by Crippen LogP contribution is -2.41. The van der Waals surface area contributed by atoms with Gasteiger partial charge in [0.2, 0.25) is 10.3 Å². The van der Waals surface area contributed by atoms with Gasteiger partial charge < -0.3 is 15.2 Å². The maximum Gasteiger partial charge on any atom is 0.236 e. The Morgan fingerprint density at radius 1 is 1.60 bits per heavy atom. The second-order valence-electron chi connectivity index (χ2n) is 3.27. The standard InChI is InChI=1S/C9H17NO3S2/c1-4-13-8(14)15-9(2,3)7(12)10-5-6-11/h11H,4-6H2,1-3H3,(H,10,12). The number of ether oxygens (including phenoxy) is 1. The topological polar surface area (TPSA) is 58.6 Å². The minimum Gasteiger partial charge on any atom is -0.479 e. The van der Waals surface area contributed by atoms with Crippen LogP contribution in [0.1, 0.15) is 20.8 Å². The number of carbonyl (C=O) groups excluding carboxylic acids is 1. The molecule has 0 aliphatic rings. The Bertz CT molecular complexity index is 231. The van der Waals surface area contributed by atoms with E-state index in [1.165, 1.54) is 11.8 Å². The van der Waals surface area contributed by atoms with E-state index in [1.807, 2.05) is 6.92 Å². The molecule has 88 valence electrons. The zero-order valence-corrected chi connectivity index (χ0v) is 10.8. The van der Waals surface area contributed by atoms with Crippen LogP contribution < -0.4 is 5.32 Å². The van der Waals surface area contributed by atoms with Gasteiger partial charge in [-0.15, -0.1) is 0 Å². The van der Waals surface area contributed by atoms with Gasteiger partial charge in [0.05, 0.1) is 18.0 Å². The molecule has 0 fully saturated rings. The number of aliphatic hydroxyl groups excluding tert-OH is 1. The van der Waals surface area contributed by atoms with Gasteiger partial charge in [-0.25, -0.2) is 0 Å². The van der Waals surface area contributed by atoms with Crippen molar-refractivity contribution in [1.82, 2.24) is 5.32 Å². The molecular weight excluding hydrogens is 234 g/mol. The summed E-state index contributed by atoms with van der Waals surface area (Å²) in [6.45, 7) is 6.05. The fourth-order valence-electron chi connectivity index (χ4n) is 0.784. The van der Waals surface area contributed by atoms with Gasteiger partial charge in [-0.1, -0.05) is 11.8 Å². The number of carbonyl (C=O) groups is 1. The molecule has 0 aromatic carbocycles. The fourth-order valence-corrected chi connectivity index (χ4v) is 2.29. The molecule has 0 bridgehead atoms. The minimum absolute atomic E-state index is 0.0671. The lowest BCUT2D eigenvalue weighted by molar-refractivity contribution is -0.122. The zero-order chi connectivity index (χ0) is 11.9. The second-order valence-corrected chi connectivity index (χ2v) is 5.50. The van der Waals surface area contributed by atoms with Gasteiger partial charge in [0.15, 0.2) is 0 Å². The summed E-state index contributed by atoms with van der Waals surface area (Å²) in [6, 6.07) is 0. The SMILES string of the molecule is CCOC(=S)SC(C)(C)C(=O)NCCO. The van der Waals surface area contributed by atoms with Crippen molar-refractivity contribution in [2.24, 2.45) is 0 Å². The van der Waals surface area contributed by atoms with Crippen LogP contribution in [0.3, 0.4) is 0 Å². The van der Waals surface area contributed by atoms with Crippen molar-refractivity contribution in [3.63, 3.8) is 0 Å². The Kier molecular flexibility index (Phi) is 6.87. The smallest absolute Gasteiger partial charge is 0.236 e. The molecule has 4 nitrogen and oxygen atoms in total. The summed E-state index contributed by atoms with van der Waals surface area (Å²) in [6.07, 6.45) is 0. The molecule has 0 saturated heterocycles. The molecule has 0 heterocycles. The normalized spacial score (nSPS) is 10.9. The molecule has 0 rings (SSSR count). The Morgan fingerprint density at radius 3 is 2.67 bits per heavy atom. The van der Waals surface area contributed by atoms with Gasteiger partial charge >= 0.3 is 0 Å². The van der Waals surface area contributed by atoms with E-state index in [2.05, 4.69) is 5.32 Å². The molecule has 0 aliphatic carbocycles. The molecule has 2 N–H and O–H groups in total. The van der Waals surface area contributed by atoms with Crippen molar-refractivity contribution in [2.75, 3.05) is 19.8 Å². The van der Waals surface area contributed by atoms with Crippen LogP contribution in [-0.4, -0.2) is 39.9 Å². The van der Waals surface area contributed by atoms with Crippen molar-refractivity contribution in [3.8, 4) is 0 Å². The Morgan fingerprint density at radius 2 is 2.20 bits per heavy atom. The average molecular weight is 251 g/mol. The third kappa shape index (κ3) is 5.96. The van der Waals surface area contributed by atoms with Crippen LogP contribution in [-0.2, 0) is 9.53 Å². The van der Waals surface area contributed by atoms with Crippen LogP contribution in [0.5, 0.6) is 0 Å². The molecule has 0 atom stereocenters. The molecule has 15 heavy (non-hydrogen) atoms. The highest BCUT2D eigenvalue weighted by Crippen LogP contribution is 2.26. The fraction of sp³-hybridized carbons (Fsp3) is 0.778. The summed E-state index contributed by atoms with van der Waals surface area (Å²) >= 11 is 6.14. The molecule has 0 spiro atoms. The summed E-state index contributed by atoms with van der Waals surface area (Å²) in [5.41, 5.74) is 0. The first-order valence-corrected chi connectivity index (χ1v) is 5.91. The third-order valence-electron chi connectivity index (χ3n) is 1.54. The summed E-state index contributed by atoms with van der Waals surface area (Å²) in [4.78, 5) is 11.6. The Labute approximate surface area is 99.8 Å². The van der Waals surface area contributed by atoms with E-state index >= 15 is 0 Å². The van der Waals surface area contributed by atoms with Crippen LogP contribution in [0, 0.1) is 0 Å². The van der Waals surface area contributed by atoms with Crippen molar-refractivity contribution in [1.29, 1.82) is 0 Å². The number of rotatable bonds is 5. The van der Waals surface area contributed by atoms with Crippen molar-refractivity contribution < 1.29 is 14.6 Å². The number of aliphatic hydroxyl groups is 1. The van der Waals surface area contributed by atoms with E-state index in [1.54, 1.807) is 13.8 Å². The number of thioether (sulfide) groups is 1. The molecule has 0 aliphatic heterocycles. The Hall–Kier alpha value is -0.330. The minimum atomic E-state index is -0.679. The number of thiocarbonyl (C=S) groups is 1. The first kappa shape index (κ1) is 14.7. The summed E-state index contributed by atoms with van der Waals surface area (Å²) < 4.78 is 4.78. The third-order valence-corrected chi connectivity index (χ3v) is 2.89. The molecule has 0 saturated carbocycles. The van der Waals surface area contributed by atoms with E-state index in [-0.39, 0.29) is 19.1 Å². The molecular formula is C9H17NO3S2. The highest BCUT2D eigenvalue weighted by molar-refractivity contribution is 8.23. The summed E-state index contributed by atoms with van der Waals surface area (Å²) in [5.74, 6) is -0.163. The first-order chi connectivity index (χ1) is 6.94. The lowest BCUT2D eigenvalue weighted by atomic mass is 10.2. The van der Waals surface area contributed by atoms with E-state index in [0.29, 0.717) is 11.0 Å².